The summed E-state index contributed by atoms with van der Waals surface area (Å²) in [5.74, 6) is 0.276. The Morgan fingerprint density at radius 3 is 2.35 bits per heavy atom. The van der Waals surface area contributed by atoms with Crippen molar-refractivity contribution in [3.8, 4) is 5.75 Å². The highest BCUT2D eigenvalue weighted by Crippen LogP contribution is 2.19. The van der Waals surface area contributed by atoms with Crippen molar-refractivity contribution in [2.24, 2.45) is 0 Å². The molecule has 0 aliphatic heterocycles. The molecule has 122 valence electrons. The smallest absolute Gasteiger partial charge is 0.261 e. The zero-order valence-corrected chi connectivity index (χ0v) is 14.2. The third-order valence-electron chi connectivity index (χ3n) is 2.86. The second kappa shape index (κ2) is 7.02. The molecule has 0 unspecified atom stereocenters. The molecule has 0 spiro atoms. The van der Waals surface area contributed by atoms with Gasteiger partial charge in [-0.15, -0.1) is 0 Å². The first-order chi connectivity index (χ1) is 10.8. The van der Waals surface area contributed by atoms with Crippen molar-refractivity contribution >= 4 is 31.3 Å². The number of ether oxygens (including phenoxy) is 1. The predicted octanol–water partition coefficient (Wildman–Crippen LogP) is 3.65. The average molecular weight is 354 g/mol. The lowest BCUT2D eigenvalue weighted by Gasteiger charge is -2.11. The SMILES string of the molecule is CC(C)Oc1ccc(NC(=O)c2cccc(S(=O)(=O)Cl)c2)cc1. The van der Waals surface area contributed by atoms with Gasteiger partial charge in [0, 0.05) is 21.9 Å². The topological polar surface area (TPSA) is 72.5 Å². The lowest BCUT2D eigenvalue weighted by molar-refractivity contribution is 0.102. The Balaban J connectivity index is 2.13. The Labute approximate surface area is 139 Å². The van der Waals surface area contributed by atoms with Gasteiger partial charge in [-0.2, -0.15) is 0 Å². The number of halogens is 1. The first-order valence-corrected chi connectivity index (χ1v) is 9.19. The molecular formula is C16H16ClNO4S. The Morgan fingerprint density at radius 2 is 1.78 bits per heavy atom. The van der Waals surface area contributed by atoms with E-state index < -0.39 is 15.0 Å². The van der Waals surface area contributed by atoms with E-state index in [1.54, 1.807) is 24.3 Å². The molecule has 2 aromatic rings. The van der Waals surface area contributed by atoms with Crippen LogP contribution in [0.3, 0.4) is 0 Å². The molecule has 2 rings (SSSR count). The molecule has 0 bridgehead atoms. The fourth-order valence-electron chi connectivity index (χ4n) is 1.88. The van der Waals surface area contributed by atoms with Gasteiger partial charge in [-0.05, 0) is 56.3 Å². The molecule has 0 aliphatic carbocycles. The van der Waals surface area contributed by atoms with Gasteiger partial charge in [0.05, 0.1) is 11.0 Å². The van der Waals surface area contributed by atoms with Gasteiger partial charge in [-0.25, -0.2) is 8.42 Å². The van der Waals surface area contributed by atoms with E-state index in [-0.39, 0.29) is 16.6 Å². The highest BCUT2D eigenvalue weighted by atomic mass is 35.7. The summed E-state index contributed by atoms with van der Waals surface area (Å²) in [6.45, 7) is 3.85. The minimum atomic E-state index is -3.87. The second-order valence-electron chi connectivity index (χ2n) is 5.11. The van der Waals surface area contributed by atoms with Crippen LogP contribution >= 0.6 is 10.7 Å². The van der Waals surface area contributed by atoms with Gasteiger partial charge in [-0.3, -0.25) is 4.79 Å². The molecule has 0 saturated heterocycles. The van der Waals surface area contributed by atoms with Gasteiger partial charge in [0.15, 0.2) is 0 Å². The Bertz CT molecular complexity index is 801. The number of benzene rings is 2. The first kappa shape index (κ1) is 17.3. The molecule has 0 aromatic heterocycles. The van der Waals surface area contributed by atoms with Crippen LogP contribution in [0.25, 0.3) is 0 Å². The van der Waals surface area contributed by atoms with E-state index in [2.05, 4.69) is 5.32 Å². The minimum absolute atomic E-state index is 0.0654. The van der Waals surface area contributed by atoms with Crippen molar-refractivity contribution in [1.29, 1.82) is 0 Å². The molecule has 1 amide bonds. The number of rotatable bonds is 5. The molecule has 0 fully saturated rings. The van der Waals surface area contributed by atoms with E-state index in [9.17, 15) is 13.2 Å². The standard InChI is InChI=1S/C16H16ClNO4S/c1-11(2)22-14-8-6-13(7-9-14)18-16(19)12-4-3-5-15(10-12)23(17,20)21/h3-11H,1-2H3,(H,18,19). The first-order valence-electron chi connectivity index (χ1n) is 6.88. The maximum absolute atomic E-state index is 12.2. The van der Waals surface area contributed by atoms with E-state index in [1.807, 2.05) is 13.8 Å². The van der Waals surface area contributed by atoms with Crippen LogP contribution in [-0.2, 0) is 9.05 Å². The highest BCUT2D eigenvalue weighted by Gasteiger charge is 2.13. The van der Waals surface area contributed by atoms with Crippen molar-refractivity contribution in [1.82, 2.24) is 0 Å². The molecule has 0 radical (unpaired) electrons. The normalized spacial score (nSPS) is 11.3. The summed E-state index contributed by atoms with van der Waals surface area (Å²) in [6.07, 6.45) is 0.0654. The van der Waals surface area contributed by atoms with Crippen LogP contribution in [0.5, 0.6) is 5.75 Å². The van der Waals surface area contributed by atoms with E-state index in [0.717, 1.165) is 0 Å². The van der Waals surface area contributed by atoms with Crippen LogP contribution < -0.4 is 10.1 Å². The number of carbonyl (C=O) groups is 1. The molecule has 0 heterocycles. The number of nitrogens with one attached hydrogen (secondary N) is 1. The summed E-state index contributed by atoms with van der Waals surface area (Å²) in [4.78, 5) is 12.1. The Kier molecular flexibility index (Phi) is 5.28. The number of hydrogen-bond acceptors (Lipinski definition) is 4. The number of hydrogen-bond donors (Lipinski definition) is 1. The van der Waals surface area contributed by atoms with Crippen LogP contribution in [-0.4, -0.2) is 20.4 Å². The second-order valence-corrected chi connectivity index (χ2v) is 7.68. The molecule has 1 N–H and O–H groups in total. The monoisotopic (exact) mass is 353 g/mol. The largest absolute Gasteiger partial charge is 0.491 e. The van der Waals surface area contributed by atoms with Crippen molar-refractivity contribution in [2.45, 2.75) is 24.8 Å². The van der Waals surface area contributed by atoms with Gasteiger partial charge in [-0.1, -0.05) is 6.07 Å². The van der Waals surface area contributed by atoms with Gasteiger partial charge >= 0.3 is 0 Å². The lowest BCUT2D eigenvalue weighted by atomic mass is 10.2. The summed E-state index contributed by atoms with van der Waals surface area (Å²) < 4.78 is 28.1. The van der Waals surface area contributed by atoms with E-state index in [0.29, 0.717) is 11.4 Å². The van der Waals surface area contributed by atoms with Crippen LogP contribution in [0.4, 0.5) is 5.69 Å². The average Bonchev–Trinajstić information content (AvgIpc) is 2.48. The van der Waals surface area contributed by atoms with E-state index in [1.165, 1.54) is 24.3 Å². The van der Waals surface area contributed by atoms with Gasteiger partial charge in [0.2, 0.25) is 0 Å². The van der Waals surface area contributed by atoms with Crippen LogP contribution in [0.2, 0.25) is 0 Å². The lowest BCUT2D eigenvalue weighted by Crippen LogP contribution is -2.12. The van der Waals surface area contributed by atoms with Crippen molar-refractivity contribution in [3.63, 3.8) is 0 Å². The maximum Gasteiger partial charge on any atom is 0.261 e. The highest BCUT2D eigenvalue weighted by molar-refractivity contribution is 8.13. The molecule has 5 nitrogen and oxygen atoms in total. The Morgan fingerprint density at radius 1 is 1.13 bits per heavy atom. The Hall–Kier alpha value is -2.05. The van der Waals surface area contributed by atoms with E-state index in [4.69, 9.17) is 15.4 Å². The molecule has 0 aliphatic rings. The van der Waals surface area contributed by atoms with Gasteiger partial charge in [0.25, 0.3) is 15.0 Å². The third-order valence-corrected chi connectivity index (χ3v) is 4.21. The molecule has 2 aromatic carbocycles. The number of anilines is 1. The summed E-state index contributed by atoms with van der Waals surface area (Å²) in [6, 6.07) is 12.4. The number of amides is 1. The van der Waals surface area contributed by atoms with Crippen molar-refractivity contribution in [2.75, 3.05) is 5.32 Å². The van der Waals surface area contributed by atoms with Crippen molar-refractivity contribution < 1.29 is 17.9 Å². The molecule has 0 saturated carbocycles. The number of carbonyl (C=O) groups excluding carboxylic acids is 1. The maximum atomic E-state index is 12.2. The summed E-state index contributed by atoms with van der Waals surface area (Å²) in [5, 5.41) is 2.69. The zero-order valence-electron chi connectivity index (χ0n) is 12.6. The predicted molar refractivity (Wildman–Crippen MR) is 89.6 cm³/mol. The van der Waals surface area contributed by atoms with Crippen LogP contribution in [0, 0.1) is 0 Å². The third kappa shape index (κ3) is 4.97. The van der Waals surface area contributed by atoms with Crippen molar-refractivity contribution in [3.05, 3.63) is 54.1 Å². The molecular weight excluding hydrogens is 338 g/mol. The minimum Gasteiger partial charge on any atom is -0.491 e. The van der Waals surface area contributed by atoms with Gasteiger partial charge in [0.1, 0.15) is 5.75 Å². The molecule has 0 atom stereocenters. The summed E-state index contributed by atoms with van der Waals surface area (Å²) in [5.41, 5.74) is 0.777. The summed E-state index contributed by atoms with van der Waals surface area (Å²) in [7, 11) is 1.41. The molecule has 23 heavy (non-hydrogen) atoms. The summed E-state index contributed by atoms with van der Waals surface area (Å²) >= 11 is 0. The quantitative estimate of drug-likeness (QED) is 0.833. The fraction of sp³-hybridized carbons (Fsp3) is 0.188. The molecule has 7 heteroatoms. The fourth-order valence-corrected chi connectivity index (χ4v) is 2.68. The zero-order chi connectivity index (χ0) is 17.0. The van der Waals surface area contributed by atoms with Crippen LogP contribution in [0.1, 0.15) is 24.2 Å². The van der Waals surface area contributed by atoms with E-state index >= 15 is 0 Å². The van der Waals surface area contributed by atoms with Gasteiger partial charge < -0.3 is 10.1 Å². The van der Waals surface area contributed by atoms with Crippen LogP contribution in [0.15, 0.2) is 53.4 Å².